The quantitative estimate of drug-likeness (QED) is 0.0533. The summed E-state index contributed by atoms with van der Waals surface area (Å²) in [6.45, 7) is 4.55. The highest BCUT2D eigenvalue weighted by Crippen LogP contribution is 2.54. The van der Waals surface area contributed by atoms with Crippen LogP contribution in [-0.2, 0) is 9.47 Å². The Morgan fingerprint density at radius 2 is 0.920 bits per heavy atom. The van der Waals surface area contributed by atoms with Gasteiger partial charge in [0.25, 0.3) is 0 Å². The molecular weight excluding hydrogens is 611 g/mol. The first-order valence-electron chi connectivity index (χ1n) is 22.2. The van der Waals surface area contributed by atoms with Crippen LogP contribution >= 0.6 is 0 Å². The third-order valence-electron chi connectivity index (χ3n) is 12.0. The topological polar surface area (TPSA) is 21.7 Å². The molecule has 1 heterocycles. The van der Waals surface area contributed by atoms with E-state index < -0.39 is 0 Å². The molecule has 2 aliphatic carbocycles. The molecule has 50 heavy (non-hydrogen) atoms. The van der Waals surface area contributed by atoms with E-state index in [1.54, 1.807) is 0 Å². The zero-order chi connectivity index (χ0) is 35.5. The molecule has 0 aromatic heterocycles. The van der Waals surface area contributed by atoms with Crippen LogP contribution in [-0.4, -0.2) is 43.0 Å². The summed E-state index contributed by atoms with van der Waals surface area (Å²) in [5.74, 6) is 1.06. The minimum absolute atomic E-state index is 0.315. The Kier molecular flexibility index (Phi) is 23.7. The molecule has 0 spiro atoms. The zero-order valence-electron chi connectivity index (χ0n) is 33.8. The lowest BCUT2D eigenvalue weighted by molar-refractivity contribution is -0.203. The van der Waals surface area contributed by atoms with E-state index in [9.17, 15) is 0 Å². The highest BCUT2D eigenvalue weighted by Gasteiger charge is 2.59. The van der Waals surface area contributed by atoms with E-state index in [2.05, 4.69) is 81.5 Å². The number of allylic oxidation sites excluding steroid dienone is 8. The second-order valence-corrected chi connectivity index (χ2v) is 16.5. The fourth-order valence-corrected chi connectivity index (χ4v) is 9.00. The maximum absolute atomic E-state index is 7.14. The van der Waals surface area contributed by atoms with Crippen molar-refractivity contribution in [1.82, 2.24) is 4.90 Å². The van der Waals surface area contributed by atoms with Gasteiger partial charge in [0, 0.05) is 24.8 Å². The second kappa shape index (κ2) is 27.4. The van der Waals surface area contributed by atoms with Gasteiger partial charge in [-0.1, -0.05) is 140 Å². The van der Waals surface area contributed by atoms with Crippen molar-refractivity contribution < 1.29 is 9.47 Å². The maximum Gasteiger partial charge on any atom is 0.169 e. The average molecular weight is 694 g/mol. The fraction of sp³-hybridized carbons (Fsp3) is 0.830. The predicted molar refractivity (Wildman–Crippen MR) is 219 cm³/mol. The molecule has 0 aromatic rings. The van der Waals surface area contributed by atoms with Gasteiger partial charge in [-0.15, -0.1) is 0 Å². The lowest BCUT2D eigenvalue weighted by Gasteiger charge is -2.38. The summed E-state index contributed by atoms with van der Waals surface area (Å²) < 4.78 is 14.2. The zero-order valence-corrected chi connectivity index (χ0v) is 33.8. The van der Waals surface area contributed by atoms with E-state index in [1.807, 2.05) is 0 Å². The van der Waals surface area contributed by atoms with Gasteiger partial charge in [-0.25, -0.2) is 0 Å². The Balaban J connectivity index is 1.30. The van der Waals surface area contributed by atoms with Gasteiger partial charge in [0.1, 0.15) is 0 Å². The average Bonchev–Trinajstić information content (AvgIpc) is 3.61. The molecule has 2 saturated carbocycles. The molecule has 288 valence electrons. The SMILES string of the molecule is CCCCC/C=C\C/C=C\CCCCCCCCC1(CCCCCCCC/C=C\C/C=C\CCCCC)O[C@@H]2C3CC[C@H](N(C)C)C(C3)[C@H]2O1. The van der Waals surface area contributed by atoms with Crippen LogP contribution in [0.25, 0.3) is 0 Å². The van der Waals surface area contributed by atoms with Crippen LogP contribution in [0, 0.1) is 11.8 Å². The molecule has 0 N–H and O–H groups in total. The summed E-state index contributed by atoms with van der Waals surface area (Å²) in [5, 5.41) is 0. The monoisotopic (exact) mass is 694 g/mol. The standard InChI is InChI=1S/C47H83NO2/c1-5-7-9-11-13-15-17-19-21-23-25-27-29-31-33-35-39-47(49-45-42-37-38-44(48(3)4)43(41-42)46(45)50-47)40-36-34-32-30-28-26-24-22-20-18-16-14-12-10-8-6-2/h13-16,19-22,42-46H,5-12,17-18,23-41H2,1-4H3/b15-13-,16-14-,21-19-,22-20-/t42?,43?,44-,45+,46+/m0/s1. The summed E-state index contributed by atoms with van der Waals surface area (Å²) in [6, 6.07) is 0.657. The summed E-state index contributed by atoms with van der Waals surface area (Å²) in [6.07, 6.45) is 56.9. The third kappa shape index (κ3) is 17.1. The number of rotatable bonds is 31. The van der Waals surface area contributed by atoms with Crippen LogP contribution in [0.2, 0.25) is 0 Å². The van der Waals surface area contributed by atoms with Crippen molar-refractivity contribution in [3.8, 4) is 0 Å². The number of unbranched alkanes of at least 4 members (excludes halogenated alkanes) is 18. The molecule has 1 saturated heterocycles. The molecule has 2 bridgehead atoms. The van der Waals surface area contributed by atoms with Crippen molar-refractivity contribution in [2.24, 2.45) is 11.8 Å². The first-order valence-corrected chi connectivity index (χ1v) is 22.2. The highest BCUT2D eigenvalue weighted by atomic mass is 16.8. The Hall–Kier alpha value is -1.16. The molecule has 3 fully saturated rings. The summed E-state index contributed by atoms with van der Waals surface area (Å²) in [4.78, 5) is 2.47. The Labute approximate surface area is 312 Å². The van der Waals surface area contributed by atoms with E-state index in [0.29, 0.717) is 24.2 Å². The van der Waals surface area contributed by atoms with Gasteiger partial charge in [0.2, 0.25) is 0 Å². The Morgan fingerprint density at radius 3 is 1.38 bits per heavy atom. The fourth-order valence-electron chi connectivity index (χ4n) is 9.00. The molecule has 3 heteroatoms. The minimum Gasteiger partial charge on any atom is -0.344 e. The maximum atomic E-state index is 7.14. The molecule has 3 aliphatic rings. The molecule has 3 nitrogen and oxygen atoms in total. The van der Waals surface area contributed by atoms with E-state index in [-0.39, 0.29) is 5.79 Å². The number of fused-ring (bicyclic) bond motifs is 5. The first kappa shape index (κ1) is 43.2. The predicted octanol–water partition coefficient (Wildman–Crippen LogP) is 14.2. The smallest absolute Gasteiger partial charge is 0.169 e. The Morgan fingerprint density at radius 1 is 0.500 bits per heavy atom. The lowest BCUT2D eigenvalue weighted by Crippen LogP contribution is -2.42. The van der Waals surface area contributed by atoms with Crippen LogP contribution in [0.1, 0.15) is 200 Å². The molecule has 5 atom stereocenters. The van der Waals surface area contributed by atoms with E-state index in [1.165, 1.54) is 161 Å². The molecule has 0 radical (unpaired) electrons. The number of nitrogens with zero attached hydrogens (tertiary/aromatic N) is 1. The van der Waals surface area contributed by atoms with Crippen molar-refractivity contribution in [2.75, 3.05) is 14.1 Å². The van der Waals surface area contributed by atoms with Gasteiger partial charge < -0.3 is 14.4 Å². The molecule has 0 amide bonds. The lowest BCUT2D eigenvalue weighted by atomic mass is 9.83. The second-order valence-electron chi connectivity index (χ2n) is 16.5. The Bertz CT molecular complexity index is 885. The molecule has 0 aromatic carbocycles. The van der Waals surface area contributed by atoms with Crippen LogP contribution in [0.4, 0.5) is 0 Å². The number of ether oxygens (including phenoxy) is 2. The normalized spacial score (nSPS) is 24.7. The van der Waals surface area contributed by atoms with Crippen molar-refractivity contribution in [3.05, 3.63) is 48.6 Å². The van der Waals surface area contributed by atoms with Crippen LogP contribution < -0.4 is 0 Å². The van der Waals surface area contributed by atoms with Crippen molar-refractivity contribution in [1.29, 1.82) is 0 Å². The largest absolute Gasteiger partial charge is 0.344 e. The van der Waals surface area contributed by atoms with Gasteiger partial charge in [0.15, 0.2) is 5.79 Å². The third-order valence-corrected chi connectivity index (χ3v) is 12.0. The number of hydrogen-bond donors (Lipinski definition) is 0. The number of hydrogen-bond acceptors (Lipinski definition) is 3. The minimum atomic E-state index is -0.315. The van der Waals surface area contributed by atoms with Gasteiger partial charge >= 0.3 is 0 Å². The van der Waals surface area contributed by atoms with Crippen molar-refractivity contribution >= 4 is 0 Å². The van der Waals surface area contributed by atoms with Crippen LogP contribution in [0.15, 0.2) is 48.6 Å². The van der Waals surface area contributed by atoms with E-state index in [4.69, 9.17) is 9.47 Å². The van der Waals surface area contributed by atoms with Crippen molar-refractivity contribution in [3.63, 3.8) is 0 Å². The molecular formula is C47H83NO2. The summed E-state index contributed by atoms with van der Waals surface area (Å²) >= 11 is 0. The van der Waals surface area contributed by atoms with Gasteiger partial charge in [0.05, 0.1) is 12.2 Å². The highest BCUT2D eigenvalue weighted by molar-refractivity contribution is 5.06. The van der Waals surface area contributed by atoms with Gasteiger partial charge in [-0.3, -0.25) is 0 Å². The van der Waals surface area contributed by atoms with Gasteiger partial charge in [-0.2, -0.15) is 0 Å². The molecule has 3 rings (SSSR count). The molecule has 1 aliphatic heterocycles. The summed E-state index contributed by atoms with van der Waals surface area (Å²) in [7, 11) is 4.55. The van der Waals surface area contributed by atoms with E-state index in [0.717, 1.165) is 31.6 Å². The summed E-state index contributed by atoms with van der Waals surface area (Å²) in [5.41, 5.74) is 0. The van der Waals surface area contributed by atoms with E-state index >= 15 is 0 Å². The molecule has 2 unspecified atom stereocenters. The van der Waals surface area contributed by atoms with Crippen LogP contribution in [0.5, 0.6) is 0 Å². The van der Waals surface area contributed by atoms with Crippen LogP contribution in [0.3, 0.4) is 0 Å². The van der Waals surface area contributed by atoms with Gasteiger partial charge in [-0.05, 0) is 116 Å². The van der Waals surface area contributed by atoms with Crippen molar-refractivity contribution in [2.45, 2.75) is 224 Å². The first-order chi connectivity index (χ1) is 24.6.